The Kier molecular flexibility index (Phi) is 3.36. The normalized spacial score (nSPS) is 28.0. The zero-order valence-electron chi connectivity index (χ0n) is 11.4. The summed E-state index contributed by atoms with van der Waals surface area (Å²) in [5.74, 6) is 1.22. The smallest absolute Gasteiger partial charge is 0.243 e. The lowest BCUT2D eigenvalue weighted by Gasteiger charge is -2.16. The lowest BCUT2D eigenvalue weighted by molar-refractivity contribution is -0.118. The van der Waals surface area contributed by atoms with Gasteiger partial charge in [0.05, 0.1) is 16.3 Å². The Labute approximate surface area is 131 Å². The maximum absolute atomic E-state index is 12.5. The van der Waals surface area contributed by atoms with Crippen LogP contribution in [0.5, 0.6) is 0 Å². The fraction of sp³-hybridized carbons (Fsp3) is 0.467. The van der Waals surface area contributed by atoms with E-state index >= 15 is 0 Å². The number of amides is 1. The number of halogens is 1. The van der Waals surface area contributed by atoms with E-state index in [9.17, 15) is 4.79 Å². The van der Waals surface area contributed by atoms with Crippen LogP contribution in [0.2, 0.25) is 5.02 Å². The van der Waals surface area contributed by atoms with Gasteiger partial charge in [-0.3, -0.25) is 4.79 Å². The molecule has 1 aliphatic heterocycles. The SMILES string of the molecule is O=C(Nc1nc2ccc(Cl)cc2s1)C1NCC2CCCC21. The lowest BCUT2D eigenvalue weighted by atomic mass is 9.94. The topological polar surface area (TPSA) is 54.0 Å². The molecule has 2 N–H and O–H groups in total. The Bertz CT molecular complexity index is 701. The summed E-state index contributed by atoms with van der Waals surface area (Å²) in [5, 5.41) is 7.68. The molecule has 2 aromatic rings. The summed E-state index contributed by atoms with van der Waals surface area (Å²) in [4.78, 5) is 16.9. The van der Waals surface area contributed by atoms with Gasteiger partial charge in [-0.1, -0.05) is 29.4 Å². The molecule has 2 fully saturated rings. The van der Waals surface area contributed by atoms with Crippen LogP contribution in [-0.2, 0) is 4.79 Å². The highest BCUT2D eigenvalue weighted by molar-refractivity contribution is 7.22. The molecule has 4 nitrogen and oxygen atoms in total. The van der Waals surface area contributed by atoms with Gasteiger partial charge >= 0.3 is 0 Å². The molecule has 0 radical (unpaired) electrons. The highest BCUT2D eigenvalue weighted by Gasteiger charge is 2.42. The molecule has 1 amide bonds. The largest absolute Gasteiger partial charge is 0.305 e. The highest BCUT2D eigenvalue weighted by Crippen LogP contribution is 2.38. The quantitative estimate of drug-likeness (QED) is 0.892. The molecular weight excluding hydrogens is 306 g/mol. The zero-order chi connectivity index (χ0) is 14.4. The Morgan fingerprint density at radius 2 is 2.33 bits per heavy atom. The number of rotatable bonds is 2. The first-order valence-electron chi connectivity index (χ1n) is 7.31. The van der Waals surface area contributed by atoms with Crippen molar-refractivity contribution in [3.05, 3.63) is 23.2 Å². The summed E-state index contributed by atoms with van der Waals surface area (Å²) in [7, 11) is 0. The van der Waals surface area contributed by atoms with Gasteiger partial charge in [-0.25, -0.2) is 4.98 Å². The fourth-order valence-electron chi connectivity index (χ4n) is 3.61. The zero-order valence-corrected chi connectivity index (χ0v) is 13.0. The molecule has 0 bridgehead atoms. The molecule has 2 heterocycles. The van der Waals surface area contributed by atoms with E-state index in [0.717, 1.165) is 23.2 Å². The number of carbonyl (C=O) groups excluding carboxylic acids is 1. The maximum Gasteiger partial charge on any atom is 0.243 e. The summed E-state index contributed by atoms with van der Waals surface area (Å²) in [6.07, 6.45) is 3.66. The third kappa shape index (κ3) is 2.43. The minimum Gasteiger partial charge on any atom is -0.305 e. The predicted octanol–water partition coefficient (Wildman–Crippen LogP) is 3.28. The van der Waals surface area contributed by atoms with Gasteiger partial charge in [0, 0.05) is 5.02 Å². The number of hydrogen-bond donors (Lipinski definition) is 2. The van der Waals surface area contributed by atoms with Crippen LogP contribution in [0.1, 0.15) is 19.3 Å². The molecule has 4 rings (SSSR count). The minimum absolute atomic E-state index is 0.0505. The van der Waals surface area contributed by atoms with Crippen molar-refractivity contribution in [2.24, 2.45) is 11.8 Å². The lowest BCUT2D eigenvalue weighted by Crippen LogP contribution is -2.39. The van der Waals surface area contributed by atoms with E-state index < -0.39 is 0 Å². The summed E-state index contributed by atoms with van der Waals surface area (Å²) in [5.41, 5.74) is 0.873. The molecule has 1 aromatic heterocycles. The molecule has 1 aliphatic carbocycles. The van der Waals surface area contributed by atoms with Crippen molar-refractivity contribution in [1.82, 2.24) is 10.3 Å². The third-order valence-corrected chi connectivity index (χ3v) is 5.78. The van der Waals surface area contributed by atoms with Gasteiger partial charge < -0.3 is 10.6 Å². The van der Waals surface area contributed by atoms with E-state index in [0.29, 0.717) is 22.0 Å². The molecule has 3 atom stereocenters. The third-order valence-electron chi connectivity index (χ3n) is 4.61. The number of fused-ring (bicyclic) bond motifs is 2. The number of anilines is 1. The van der Waals surface area contributed by atoms with E-state index in [1.807, 2.05) is 18.2 Å². The summed E-state index contributed by atoms with van der Waals surface area (Å²) in [6, 6.07) is 5.51. The van der Waals surface area contributed by atoms with Crippen LogP contribution in [-0.4, -0.2) is 23.5 Å². The van der Waals surface area contributed by atoms with Gasteiger partial charge in [0.25, 0.3) is 0 Å². The summed E-state index contributed by atoms with van der Waals surface area (Å²) >= 11 is 7.45. The Hall–Kier alpha value is -1.17. The Balaban J connectivity index is 1.52. The molecule has 2 aliphatic rings. The van der Waals surface area contributed by atoms with Crippen molar-refractivity contribution in [2.75, 3.05) is 11.9 Å². The van der Waals surface area contributed by atoms with Crippen LogP contribution in [0.3, 0.4) is 0 Å². The van der Waals surface area contributed by atoms with Crippen LogP contribution >= 0.6 is 22.9 Å². The highest BCUT2D eigenvalue weighted by atomic mass is 35.5. The van der Waals surface area contributed by atoms with E-state index in [1.165, 1.54) is 24.2 Å². The van der Waals surface area contributed by atoms with Crippen LogP contribution in [0.4, 0.5) is 5.13 Å². The van der Waals surface area contributed by atoms with Gasteiger partial charge in [-0.2, -0.15) is 0 Å². The van der Waals surface area contributed by atoms with E-state index in [-0.39, 0.29) is 11.9 Å². The molecule has 21 heavy (non-hydrogen) atoms. The van der Waals surface area contributed by atoms with Crippen molar-refractivity contribution in [1.29, 1.82) is 0 Å². The molecule has 6 heteroatoms. The van der Waals surface area contributed by atoms with E-state index in [1.54, 1.807) is 0 Å². The number of hydrogen-bond acceptors (Lipinski definition) is 4. The van der Waals surface area contributed by atoms with Crippen molar-refractivity contribution in [3.8, 4) is 0 Å². The van der Waals surface area contributed by atoms with Gasteiger partial charge in [0.15, 0.2) is 5.13 Å². The van der Waals surface area contributed by atoms with Crippen LogP contribution < -0.4 is 10.6 Å². The van der Waals surface area contributed by atoms with Gasteiger partial charge in [-0.05, 0) is 49.4 Å². The average Bonchev–Trinajstić information content (AvgIpc) is 3.10. The molecule has 1 aromatic carbocycles. The molecule has 110 valence electrons. The monoisotopic (exact) mass is 321 g/mol. The van der Waals surface area contributed by atoms with E-state index in [4.69, 9.17) is 11.6 Å². The maximum atomic E-state index is 12.5. The first-order valence-corrected chi connectivity index (χ1v) is 8.50. The van der Waals surface area contributed by atoms with Crippen LogP contribution in [0, 0.1) is 11.8 Å². The second-order valence-corrected chi connectivity index (χ2v) is 7.33. The van der Waals surface area contributed by atoms with Gasteiger partial charge in [0.2, 0.25) is 5.91 Å². The summed E-state index contributed by atoms with van der Waals surface area (Å²) < 4.78 is 0.996. The number of aromatic nitrogens is 1. The van der Waals surface area contributed by atoms with Gasteiger partial charge in [-0.15, -0.1) is 0 Å². The molecule has 0 spiro atoms. The molecule has 1 saturated heterocycles. The number of thiazole rings is 1. The summed E-state index contributed by atoms with van der Waals surface area (Å²) in [6.45, 7) is 0.970. The van der Waals surface area contributed by atoms with E-state index in [2.05, 4.69) is 15.6 Å². The second-order valence-electron chi connectivity index (χ2n) is 5.86. The fourth-order valence-corrected chi connectivity index (χ4v) is 4.75. The van der Waals surface area contributed by atoms with Gasteiger partial charge in [0.1, 0.15) is 0 Å². The number of carbonyl (C=O) groups is 1. The Morgan fingerprint density at radius 1 is 1.43 bits per heavy atom. The first-order chi connectivity index (χ1) is 10.2. The number of nitrogens with one attached hydrogen (secondary N) is 2. The molecule has 3 unspecified atom stereocenters. The number of benzene rings is 1. The standard InChI is InChI=1S/C15H16ClN3OS/c16-9-4-5-11-12(6-9)21-15(18-11)19-14(20)13-10-3-1-2-8(10)7-17-13/h4-6,8,10,13,17H,1-3,7H2,(H,18,19,20). The van der Waals surface area contributed by atoms with Crippen LogP contribution in [0.25, 0.3) is 10.2 Å². The Morgan fingerprint density at radius 3 is 3.24 bits per heavy atom. The van der Waals surface area contributed by atoms with Crippen molar-refractivity contribution >= 4 is 44.2 Å². The second kappa shape index (κ2) is 5.23. The number of nitrogens with zero attached hydrogens (tertiary/aromatic N) is 1. The van der Waals surface area contributed by atoms with Crippen molar-refractivity contribution in [3.63, 3.8) is 0 Å². The van der Waals surface area contributed by atoms with Crippen molar-refractivity contribution in [2.45, 2.75) is 25.3 Å². The minimum atomic E-state index is -0.0619. The molecular formula is C15H16ClN3OS. The van der Waals surface area contributed by atoms with Crippen LogP contribution in [0.15, 0.2) is 18.2 Å². The van der Waals surface area contributed by atoms with Crippen molar-refractivity contribution < 1.29 is 4.79 Å². The first kappa shape index (κ1) is 13.5. The molecule has 1 saturated carbocycles. The predicted molar refractivity (Wildman–Crippen MR) is 85.9 cm³/mol. The average molecular weight is 322 g/mol.